The minimum Gasteiger partial charge on any atom is -0.438 e. The molecule has 1 fully saturated rings. The van der Waals surface area contributed by atoms with E-state index in [1.807, 2.05) is 42.5 Å². The molecule has 0 aliphatic carbocycles. The van der Waals surface area contributed by atoms with Crippen LogP contribution in [0.2, 0.25) is 0 Å². The van der Waals surface area contributed by atoms with Crippen LogP contribution in [0, 0.1) is 0 Å². The molecule has 1 saturated heterocycles. The third-order valence-corrected chi connectivity index (χ3v) is 6.27. The van der Waals surface area contributed by atoms with E-state index in [9.17, 15) is 14.4 Å². The standard InChI is InChI=1S/C30H26N4O4/c35-28(24-11-5-2-6-12-24)33-25-15-13-23(14-16-25)27-26(29(36)32-19-22-10-7-17-31-18-22)34(30(37)38-27)20-21-8-3-1-4-9-21/h1-18,26-27H,19-20H2,(H,32,36)(H,33,35). The lowest BCUT2D eigenvalue weighted by Crippen LogP contribution is -2.46. The zero-order valence-electron chi connectivity index (χ0n) is 20.5. The molecule has 0 bridgehead atoms. The van der Waals surface area contributed by atoms with Crippen molar-refractivity contribution in [2.24, 2.45) is 0 Å². The van der Waals surface area contributed by atoms with Gasteiger partial charge in [0.05, 0.1) is 6.54 Å². The van der Waals surface area contributed by atoms with E-state index in [2.05, 4.69) is 15.6 Å². The van der Waals surface area contributed by atoms with E-state index in [-0.39, 0.29) is 24.9 Å². The topological polar surface area (TPSA) is 101 Å². The number of hydrogen-bond donors (Lipinski definition) is 2. The summed E-state index contributed by atoms with van der Waals surface area (Å²) in [5.74, 6) is -0.561. The van der Waals surface area contributed by atoms with Gasteiger partial charge in [0.1, 0.15) is 0 Å². The molecule has 5 rings (SSSR count). The molecule has 0 spiro atoms. The fourth-order valence-electron chi connectivity index (χ4n) is 4.34. The number of anilines is 1. The number of cyclic esters (lactones) is 1. The average Bonchev–Trinajstić information content (AvgIpc) is 3.29. The molecular formula is C30H26N4O4. The third-order valence-electron chi connectivity index (χ3n) is 6.27. The number of carbonyl (C=O) groups excluding carboxylic acids is 3. The summed E-state index contributed by atoms with van der Waals surface area (Å²) >= 11 is 0. The van der Waals surface area contributed by atoms with Crippen molar-refractivity contribution in [1.29, 1.82) is 0 Å². The van der Waals surface area contributed by atoms with Crippen LogP contribution in [-0.4, -0.2) is 33.8 Å². The van der Waals surface area contributed by atoms with Gasteiger partial charge in [-0.2, -0.15) is 0 Å². The maximum absolute atomic E-state index is 13.5. The predicted molar refractivity (Wildman–Crippen MR) is 142 cm³/mol. The van der Waals surface area contributed by atoms with Crippen LogP contribution >= 0.6 is 0 Å². The van der Waals surface area contributed by atoms with Gasteiger partial charge in [-0.25, -0.2) is 4.79 Å². The van der Waals surface area contributed by atoms with Gasteiger partial charge in [0, 0.05) is 30.2 Å². The average molecular weight is 507 g/mol. The lowest BCUT2D eigenvalue weighted by molar-refractivity contribution is -0.126. The van der Waals surface area contributed by atoms with E-state index in [4.69, 9.17) is 4.74 Å². The quantitative estimate of drug-likeness (QED) is 0.360. The smallest absolute Gasteiger partial charge is 0.411 e. The fraction of sp³-hybridized carbons (Fsp3) is 0.133. The summed E-state index contributed by atoms with van der Waals surface area (Å²) in [5, 5.41) is 5.78. The minimum atomic E-state index is -0.885. The Balaban J connectivity index is 1.36. The molecule has 3 aromatic carbocycles. The second kappa shape index (κ2) is 11.4. The van der Waals surface area contributed by atoms with Crippen molar-refractivity contribution >= 4 is 23.6 Å². The highest BCUT2D eigenvalue weighted by Gasteiger charge is 2.46. The molecule has 0 saturated carbocycles. The summed E-state index contributed by atoms with van der Waals surface area (Å²) in [6.07, 6.45) is 1.96. The molecule has 1 aromatic heterocycles. The molecule has 2 unspecified atom stereocenters. The number of carbonyl (C=O) groups is 3. The van der Waals surface area contributed by atoms with Crippen molar-refractivity contribution in [2.45, 2.75) is 25.2 Å². The van der Waals surface area contributed by atoms with Gasteiger partial charge in [0.2, 0.25) is 5.91 Å². The Morgan fingerprint density at radius 3 is 2.21 bits per heavy atom. The Bertz CT molecular complexity index is 1400. The molecule has 2 heterocycles. The van der Waals surface area contributed by atoms with Gasteiger partial charge in [-0.3, -0.25) is 19.5 Å². The molecule has 38 heavy (non-hydrogen) atoms. The first-order chi connectivity index (χ1) is 18.6. The Morgan fingerprint density at radius 2 is 1.53 bits per heavy atom. The molecule has 8 nitrogen and oxygen atoms in total. The Kier molecular flexibility index (Phi) is 7.40. The first kappa shape index (κ1) is 24.7. The van der Waals surface area contributed by atoms with Crippen molar-refractivity contribution in [3.8, 4) is 0 Å². The maximum Gasteiger partial charge on any atom is 0.411 e. The SMILES string of the molecule is O=C(Nc1ccc(C2OC(=O)N(Cc3ccccc3)C2C(=O)NCc2cccnc2)cc1)c1ccccc1. The van der Waals surface area contributed by atoms with Crippen molar-refractivity contribution < 1.29 is 19.1 Å². The molecule has 1 aliphatic heterocycles. The van der Waals surface area contributed by atoms with Crippen LogP contribution < -0.4 is 10.6 Å². The number of hydrogen-bond acceptors (Lipinski definition) is 5. The second-order valence-corrected chi connectivity index (χ2v) is 8.88. The van der Waals surface area contributed by atoms with Crippen molar-refractivity contribution in [3.05, 3.63) is 132 Å². The number of nitrogens with one attached hydrogen (secondary N) is 2. The summed E-state index contributed by atoms with van der Waals surface area (Å²) in [7, 11) is 0. The highest BCUT2D eigenvalue weighted by Crippen LogP contribution is 2.34. The largest absolute Gasteiger partial charge is 0.438 e. The van der Waals surface area contributed by atoms with Crippen LogP contribution in [0.5, 0.6) is 0 Å². The zero-order chi connectivity index (χ0) is 26.3. The molecule has 8 heteroatoms. The van der Waals surface area contributed by atoms with E-state index in [1.54, 1.807) is 67.0 Å². The number of benzene rings is 3. The van der Waals surface area contributed by atoms with Gasteiger partial charge in [0.25, 0.3) is 5.91 Å². The van der Waals surface area contributed by atoms with E-state index in [1.165, 1.54) is 4.90 Å². The molecule has 0 radical (unpaired) electrons. The maximum atomic E-state index is 13.5. The monoisotopic (exact) mass is 506 g/mol. The highest BCUT2D eigenvalue weighted by molar-refractivity contribution is 6.04. The number of rotatable bonds is 8. The molecular weight excluding hydrogens is 480 g/mol. The summed E-state index contributed by atoms with van der Waals surface area (Å²) in [6.45, 7) is 0.500. The molecule has 190 valence electrons. The molecule has 2 N–H and O–H groups in total. The van der Waals surface area contributed by atoms with Crippen molar-refractivity contribution in [2.75, 3.05) is 5.32 Å². The van der Waals surface area contributed by atoms with Crippen LogP contribution in [0.1, 0.15) is 33.2 Å². The lowest BCUT2D eigenvalue weighted by atomic mass is 10.00. The van der Waals surface area contributed by atoms with Crippen LogP contribution in [0.25, 0.3) is 0 Å². The molecule has 3 amide bonds. The molecule has 2 atom stereocenters. The summed E-state index contributed by atoms with van der Waals surface area (Å²) in [5.41, 5.74) is 3.51. The van der Waals surface area contributed by atoms with Crippen molar-refractivity contribution in [1.82, 2.24) is 15.2 Å². The number of nitrogens with zero attached hydrogens (tertiary/aromatic N) is 2. The van der Waals surface area contributed by atoms with E-state index < -0.39 is 18.2 Å². The van der Waals surface area contributed by atoms with Gasteiger partial charge >= 0.3 is 6.09 Å². The predicted octanol–water partition coefficient (Wildman–Crippen LogP) is 4.71. The molecule has 4 aromatic rings. The second-order valence-electron chi connectivity index (χ2n) is 8.88. The van der Waals surface area contributed by atoms with Gasteiger partial charge in [-0.05, 0) is 47.0 Å². The normalized spacial score (nSPS) is 16.5. The number of pyridine rings is 1. The lowest BCUT2D eigenvalue weighted by Gasteiger charge is -2.24. The van der Waals surface area contributed by atoms with Gasteiger partial charge in [-0.1, -0.05) is 66.7 Å². The number of amides is 3. The first-order valence-electron chi connectivity index (χ1n) is 12.2. The van der Waals surface area contributed by atoms with E-state index in [0.717, 1.165) is 11.1 Å². The highest BCUT2D eigenvalue weighted by atomic mass is 16.6. The Hall–Kier alpha value is -4.98. The third kappa shape index (κ3) is 5.70. The summed E-state index contributed by atoms with van der Waals surface area (Å²) in [6, 6.07) is 28.1. The Morgan fingerprint density at radius 1 is 0.842 bits per heavy atom. The van der Waals surface area contributed by atoms with Crippen LogP contribution in [0.15, 0.2) is 109 Å². The van der Waals surface area contributed by atoms with Gasteiger partial charge in [-0.15, -0.1) is 0 Å². The van der Waals surface area contributed by atoms with Crippen LogP contribution in [0.3, 0.4) is 0 Å². The van der Waals surface area contributed by atoms with E-state index >= 15 is 0 Å². The van der Waals surface area contributed by atoms with Crippen LogP contribution in [0.4, 0.5) is 10.5 Å². The van der Waals surface area contributed by atoms with E-state index in [0.29, 0.717) is 16.8 Å². The Labute approximate surface area is 220 Å². The number of ether oxygens (including phenoxy) is 1. The summed E-state index contributed by atoms with van der Waals surface area (Å²) in [4.78, 5) is 44.5. The number of aromatic nitrogens is 1. The van der Waals surface area contributed by atoms with Gasteiger partial charge < -0.3 is 15.4 Å². The minimum absolute atomic E-state index is 0.229. The molecule has 1 aliphatic rings. The van der Waals surface area contributed by atoms with Gasteiger partial charge in [0.15, 0.2) is 12.1 Å². The first-order valence-corrected chi connectivity index (χ1v) is 12.2. The fourth-order valence-corrected chi connectivity index (χ4v) is 4.34. The summed E-state index contributed by atoms with van der Waals surface area (Å²) < 4.78 is 5.73. The van der Waals surface area contributed by atoms with Crippen molar-refractivity contribution in [3.63, 3.8) is 0 Å². The zero-order valence-corrected chi connectivity index (χ0v) is 20.5. The van der Waals surface area contributed by atoms with Crippen LogP contribution in [-0.2, 0) is 22.6 Å².